The first kappa shape index (κ1) is 28.5. The highest BCUT2D eigenvalue weighted by molar-refractivity contribution is 6.16. The number of hydrogen-bond donors (Lipinski definition) is 0. The Hall–Kier alpha value is -7.24. The molecule has 0 radical (unpaired) electrons. The molecule has 12 rings (SSSR count). The van der Waals surface area contributed by atoms with Crippen molar-refractivity contribution in [2.75, 3.05) is 0 Å². The highest BCUT2D eigenvalue weighted by atomic mass is 15.0. The van der Waals surface area contributed by atoms with Crippen LogP contribution in [0.2, 0.25) is 0 Å². The number of aromatic nitrogens is 5. The van der Waals surface area contributed by atoms with Crippen molar-refractivity contribution >= 4 is 82.0 Å². The van der Waals surface area contributed by atoms with Gasteiger partial charge in [-0.05, 0) is 95.4 Å². The van der Waals surface area contributed by atoms with Gasteiger partial charge >= 0.3 is 0 Å². The van der Waals surface area contributed by atoms with Gasteiger partial charge in [0.2, 0.25) is 0 Å². The summed E-state index contributed by atoms with van der Waals surface area (Å²) in [6, 6.07) is 59.2. The van der Waals surface area contributed by atoms with E-state index in [1.165, 1.54) is 60.0 Å². The van der Waals surface area contributed by atoms with Gasteiger partial charge in [0.05, 0.1) is 44.8 Å². The van der Waals surface area contributed by atoms with E-state index in [1.54, 1.807) is 0 Å². The van der Waals surface area contributed by atoms with Gasteiger partial charge < -0.3 is 9.13 Å². The molecule has 0 aliphatic heterocycles. The van der Waals surface area contributed by atoms with E-state index in [0.717, 1.165) is 44.5 Å². The lowest BCUT2D eigenvalue weighted by Gasteiger charge is -2.13. The van der Waals surface area contributed by atoms with Crippen LogP contribution in [0.4, 0.5) is 0 Å². The van der Waals surface area contributed by atoms with Crippen LogP contribution in [0.5, 0.6) is 0 Å². The van der Waals surface area contributed by atoms with Crippen molar-refractivity contribution in [1.82, 2.24) is 23.5 Å². The summed E-state index contributed by atoms with van der Waals surface area (Å²) in [6.45, 7) is 0. The van der Waals surface area contributed by atoms with Crippen LogP contribution in [0.1, 0.15) is 0 Å². The molecular formula is C48H29N5. The average Bonchev–Trinajstić information content (AvgIpc) is 3.89. The smallest absolute Gasteiger partial charge is 0.146 e. The number of para-hydroxylation sites is 4. The maximum atomic E-state index is 5.08. The highest BCUT2D eigenvalue weighted by Crippen LogP contribution is 2.39. The number of benzene rings is 7. The van der Waals surface area contributed by atoms with Crippen LogP contribution in [-0.2, 0) is 0 Å². The van der Waals surface area contributed by atoms with Gasteiger partial charge in [0.25, 0.3) is 0 Å². The van der Waals surface area contributed by atoms with E-state index in [0.29, 0.717) is 0 Å². The molecule has 5 nitrogen and oxygen atoms in total. The Kier molecular flexibility index (Phi) is 5.71. The number of pyridine rings is 2. The normalized spacial score (nSPS) is 12.2. The standard InChI is InChI=1S/C48H29N5/c1-2-10-32(11-3-1)51-43-21-18-31(27-39(43)36-24-25-49-29-47(36)51)30-19-22-44-38(26-30)35-13-6-8-16-42(35)52(44)33-20-23-45-40(28-33)34-12-4-5-14-37(34)48-50-41-15-7-9-17-46(41)53(45)48/h1-29H. The predicted molar refractivity (Wildman–Crippen MR) is 220 cm³/mol. The van der Waals surface area contributed by atoms with Gasteiger partial charge in [-0.25, -0.2) is 4.98 Å². The molecule has 0 N–H and O–H groups in total. The minimum atomic E-state index is 0.992. The molecule has 0 atom stereocenters. The Morgan fingerprint density at radius 3 is 1.74 bits per heavy atom. The molecule has 5 heterocycles. The Morgan fingerprint density at radius 2 is 0.943 bits per heavy atom. The molecule has 5 heteroatoms. The van der Waals surface area contributed by atoms with Crippen LogP contribution in [0.15, 0.2) is 176 Å². The molecule has 7 aromatic carbocycles. The Balaban J connectivity index is 1.07. The monoisotopic (exact) mass is 675 g/mol. The van der Waals surface area contributed by atoms with E-state index in [9.17, 15) is 0 Å². The quantitative estimate of drug-likeness (QED) is 0.175. The lowest BCUT2D eigenvalue weighted by Crippen LogP contribution is -1.96. The fourth-order valence-corrected chi connectivity index (χ4v) is 8.77. The lowest BCUT2D eigenvalue weighted by atomic mass is 10.0. The molecule has 0 aliphatic rings. The zero-order chi connectivity index (χ0) is 34.6. The summed E-state index contributed by atoms with van der Waals surface area (Å²) >= 11 is 0. The van der Waals surface area contributed by atoms with Crippen LogP contribution in [0.25, 0.3) is 104 Å². The zero-order valence-electron chi connectivity index (χ0n) is 28.5. The van der Waals surface area contributed by atoms with E-state index >= 15 is 0 Å². The summed E-state index contributed by atoms with van der Waals surface area (Å²) in [6.07, 6.45) is 3.86. The Morgan fingerprint density at radius 1 is 0.358 bits per heavy atom. The summed E-state index contributed by atoms with van der Waals surface area (Å²) in [5, 5.41) is 8.44. The SMILES string of the molecule is c1ccc(-n2c3ccc(-c4ccc5c(c4)c4ccccc4n5-c4ccc5c(c4)c4ccccc4c4nc6ccccc6n54)cc3c3ccncc32)cc1. The third-order valence-corrected chi connectivity index (χ3v) is 11.1. The van der Waals surface area contributed by atoms with E-state index in [4.69, 9.17) is 4.98 Å². The third kappa shape index (κ3) is 3.96. The van der Waals surface area contributed by atoms with Crippen LogP contribution < -0.4 is 0 Å². The molecule has 53 heavy (non-hydrogen) atoms. The van der Waals surface area contributed by atoms with Gasteiger partial charge in [-0.3, -0.25) is 9.38 Å². The second kappa shape index (κ2) is 10.6. The van der Waals surface area contributed by atoms with E-state index in [1.807, 2.05) is 12.4 Å². The van der Waals surface area contributed by atoms with Crippen molar-refractivity contribution < 1.29 is 0 Å². The van der Waals surface area contributed by atoms with Crippen LogP contribution in [0, 0.1) is 0 Å². The molecule has 0 aliphatic carbocycles. The molecule has 246 valence electrons. The summed E-state index contributed by atoms with van der Waals surface area (Å²) in [5.41, 5.74) is 13.6. The second-order valence-corrected chi connectivity index (χ2v) is 13.9. The van der Waals surface area contributed by atoms with Crippen molar-refractivity contribution in [2.45, 2.75) is 0 Å². The first-order valence-corrected chi connectivity index (χ1v) is 18.0. The average molecular weight is 676 g/mol. The summed E-state index contributed by atoms with van der Waals surface area (Å²) in [5.74, 6) is 0. The van der Waals surface area contributed by atoms with Gasteiger partial charge in [-0.1, -0.05) is 84.9 Å². The summed E-state index contributed by atoms with van der Waals surface area (Å²) < 4.78 is 7.05. The fraction of sp³-hybridized carbons (Fsp3) is 0. The van der Waals surface area contributed by atoms with Crippen molar-refractivity contribution in [1.29, 1.82) is 0 Å². The predicted octanol–water partition coefficient (Wildman–Crippen LogP) is 12.1. The number of imidazole rings is 1. The van der Waals surface area contributed by atoms with Crippen molar-refractivity contribution in [2.24, 2.45) is 0 Å². The van der Waals surface area contributed by atoms with Gasteiger partial charge in [0.1, 0.15) is 5.65 Å². The second-order valence-electron chi connectivity index (χ2n) is 13.9. The number of rotatable bonds is 3. The van der Waals surface area contributed by atoms with Crippen LogP contribution in [-0.4, -0.2) is 23.5 Å². The molecule has 12 aromatic rings. The molecule has 5 aromatic heterocycles. The Labute approximate surface area is 303 Å². The lowest BCUT2D eigenvalue weighted by molar-refractivity contribution is 1.17. The van der Waals surface area contributed by atoms with Crippen molar-refractivity contribution in [3.05, 3.63) is 176 Å². The van der Waals surface area contributed by atoms with Gasteiger partial charge in [0.15, 0.2) is 0 Å². The largest absolute Gasteiger partial charge is 0.309 e. The van der Waals surface area contributed by atoms with E-state index in [-0.39, 0.29) is 0 Å². The number of nitrogens with zero attached hydrogens (tertiary/aromatic N) is 5. The molecule has 0 bridgehead atoms. The maximum Gasteiger partial charge on any atom is 0.146 e. The summed E-state index contributed by atoms with van der Waals surface area (Å²) in [4.78, 5) is 9.57. The van der Waals surface area contributed by atoms with Crippen LogP contribution in [0.3, 0.4) is 0 Å². The molecule has 0 amide bonds. The molecule has 0 saturated heterocycles. The number of hydrogen-bond acceptors (Lipinski definition) is 2. The molecular weight excluding hydrogens is 647 g/mol. The molecule has 0 saturated carbocycles. The summed E-state index contributed by atoms with van der Waals surface area (Å²) in [7, 11) is 0. The number of fused-ring (bicyclic) bond motifs is 14. The zero-order valence-corrected chi connectivity index (χ0v) is 28.5. The van der Waals surface area contributed by atoms with Gasteiger partial charge in [-0.15, -0.1) is 0 Å². The van der Waals surface area contributed by atoms with Crippen molar-refractivity contribution in [3.63, 3.8) is 0 Å². The van der Waals surface area contributed by atoms with Crippen LogP contribution >= 0.6 is 0 Å². The van der Waals surface area contributed by atoms with Crippen molar-refractivity contribution in [3.8, 4) is 22.5 Å². The minimum absolute atomic E-state index is 0.992. The topological polar surface area (TPSA) is 40.0 Å². The highest BCUT2D eigenvalue weighted by Gasteiger charge is 2.18. The molecule has 0 spiro atoms. The molecule has 0 fully saturated rings. The fourth-order valence-electron chi connectivity index (χ4n) is 8.77. The minimum Gasteiger partial charge on any atom is -0.309 e. The van der Waals surface area contributed by atoms with Gasteiger partial charge in [0, 0.05) is 49.9 Å². The first-order chi connectivity index (χ1) is 26.3. The molecule has 0 unspecified atom stereocenters. The first-order valence-electron chi connectivity index (χ1n) is 18.0. The van der Waals surface area contributed by atoms with E-state index < -0.39 is 0 Å². The Bertz CT molecular complexity index is 3460. The van der Waals surface area contributed by atoms with E-state index in [2.05, 4.69) is 182 Å². The third-order valence-electron chi connectivity index (χ3n) is 11.1. The van der Waals surface area contributed by atoms with Gasteiger partial charge in [-0.2, -0.15) is 0 Å². The maximum absolute atomic E-state index is 5.08.